The number of aliphatic hydroxyl groups is 1. The zero-order chi connectivity index (χ0) is 14.0. The number of aryl methyl sites for hydroxylation is 3. The van der Waals surface area contributed by atoms with E-state index < -0.39 is 5.60 Å². The third-order valence-electron chi connectivity index (χ3n) is 3.84. The first kappa shape index (κ1) is 13.8. The summed E-state index contributed by atoms with van der Waals surface area (Å²) in [5, 5.41) is 10.8. The minimum Gasteiger partial charge on any atom is -0.385 e. The Balaban J connectivity index is 2.33. The highest BCUT2D eigenvalue weighted by molar-refractivity contribution is 5.36. The molecule has 0 saturated carbocycles. The molecule has 0 saturated heterocycles. The molecule has 1 unspecified atom stereocenters. The average Bonchev–Trinajstić information content (AvgIpc) is 2.35. The summed E-state index contributed by atoms with van der Waals surface area (Å²) in [4.78, 5) is 0. The maximum atomic E-state index is 10.8. The lowest BCUT2D eigenvalue weighted by atomic mass is 9.85. The molecule has 0 bridgehead atoms. The van der Waals surface area contributed by atoms with Gasteiger partial charge in [-0.2, -0.15) is 0 Å². The van der Waals surface area contributed by atoms with E-state index in [1.807, 2.05) is 19.1 Å². The van der Waals surface area contributed by atoms with Gasteiger partial charge in [0, 0.05) is 6.42 Å². The lowest BCUT2D eigenvalue weighted by molar-refractivity contribution is 0.0573. The summed E-state index contributed by atoms with van der Waals surface area (Å²) in [6.07, 6.45) is 0.647. The molecule has 0 spiro atoms. The molecule has 0 aliphatic rings. The quantitative estimate of drug-likeness (QED) is 0.875. The molecule has 0 heterocycles. The molecule has 0 radical (unpaired) electrons. The van der Waals surface area contributed by atoms with Gasteiger partial charge in [0.05, 0.1) is 5.60 Å². The fraction of sp³-hybridized carbons (Fsp3) is 0.333. The van der Waals surface area contributed by atoms with E-state index in [0.717, 1.165) is 5.56 Å². The van der Waals surface area contributed by atoms with E-state index in [-0.39, 0.29) is 0 Å². The molecule has 2 rings (SSSR count). The van der Waals surface area contributed by atoms with Gasteiger partial charge in [0.25, 0.3) is 0 Å². The first-order valence-electron chi connectivity index (χ1n) is 6.75. The van der Waals surface area contributed by atoms with Gasteiger partial charge in [-0.15, -0.1) is 0 Å². The summed E-state index contributed by atoms with van der Waals surface area (Å²) in [6.45, 7) is 8.16. The van der Waals surface area contributed by atoms with E-state index in [1.54, 1.807) is 0 Å². The molecular formula is C18H22O. The summed E-state index contributed by atoms with van der Waals surface area (Å²) < 4.78 is 0. The van der Waals surface area contributed by atoms with E-state index in [4.69, 9.17) is 0 Å². The Labute approximate surface area is 115 Å². The Bertz CT molecular complexity index is 544. The zero-order valence-corrected chi connectivity index (χ0v) is 12.2. The van der Waals surface area contributed by atoms with Gasteiger partial charge in [-0.3, -0.25) is 0 Å². The van der Waals surface area contributed by atoms with Crippen LogP contribution < -0.4 is 0 Å². The summed E-state index contributed by atoms with van der Waals surface area (Å²) >= 11 is 0. The topological polar surface area (TPSA) is 20.2 Å². The van der Waals surface area contributed by atoms with Crippen molar-refractivity contribution < 1.29 is 5.11 Å². The normalized spacial score (nSPS) is 14.2. The maximum absolute atomic E-state index is 10.8. The van der Waals surface area contributed by atoms with Gasteiger partial charge in [0.15, 0.2) is 0 Å². The Morgan fingerprint density at radius 2 is 1.42 bits per heavy atom. The maximum Gasteiger partial charge on any atom is 0.0908 e. The summed E-state index contributed by atoms with van der Waals surface area (Å²) in [5.74, 6) is 0. The van der Waals surface area contributed by atoms with Crippen LogP contribution in [-0.4, -0.2) is 5.11 Å². The standard InChI is InChI=1S/C18H22O/c1-13-8-10-16(11-9-13)18(4,19)12-17-14(2)6-5-7-15(17)3/h5-11,19H,12H2,1-4H3. The van der Waals surface area contributed by atoms with Crippen molar-refractivity contribution in [2.24, 2.45) is 0 Å². The zero-order valence-electron chi connectivity index (χ0n) is 12.2. The smallest absolute Gasteiger partial charge is 0.0908 e. The van der Waals surface area contributed by atoms with Crippen molar-refractivity contribution in [1.29, 1.82) is 0 Å². The molecule has 1 atom stereocenters. The molecule has 0 aliphatic carbocycles. The minimum atomic E-state index is -0.829. The second-order valence-corrected chi connectivity index (χ2v) is 5.69. The van der Waals surface area contributed by atoms with Gasteiger partial charge in [-0.25, -0.2) is 0 Å². The average molecular weight is 254 g/mol. The van der Waals surface area contributed by atoms with Crippen LogP contribution in [0.2, 0.25) is 0 Å². The molecule has 0 fully saturated rings. The predicted octanol–water partition coefficient (Wildman–Crippen LogP) is 4.06. The van der Waals surface area contributed by atoms with Crippen molar-refractivity contribution in [3.05, 3.63) is 70.3 Å². The number of hydrogen-bond donors (Lipinski definition) is 1. The van der Waals surface area contributed by atoms with Crippen LogP contribution >= 0.6 is 0 Å². The van der Waals surface area contributed by atoms with Crippen LogP contribution in [-0.2, 0) is 12.0 Å². The molecule has 0 amide bonds. The van der Waals surface area contributed by atoms with Crippen LogP contribution in [0, 0.1) is 20.8 Å². The van der Waals surface area contributed by atoms with Crippen LogP contribution in [0.1, 0.15) is 34.7 Å². The second kappa shape index (κ2) is 5.18. The first-order valence-corrected chi connectivity index (χ1v) is 6.75. The van der Waals surface area contributed by atoms with Gasteiger partial charge >= 0.3 is 0 Å². The fourth-order valence-electron chi connectivity index (χ4n) is 2.49. The van der Waals surface area contributed by atoms with E-state index in [2.05, 4.69) is 51.1 Å². The molecule has 2 aromatic carbocycles. The molecule has 1 N–H and O–H groups in total. The fourth-order valence-corrected chi connectivity index (χ4v) is 2.49. The summed E-state index contributed by atoms with van der Waals surface area (Å²) in [6, 6.07) is 14.4. The molecule has 1 heteroatoms. The van der Waals surface area contributed by atoms with Crippen LogP contribution in [0.4, 0.5) is 0 Å². The van der Waals surface area contributed by atoms with Crippen LogP contribution in [0.3, 0.4) is 0 Å². The highest BCUT2D eigenvalue weighted by Crippen LogP contribution is 2.28. The third kappa shape index (κ3) is 3.05. The SMILES string of the molecule is Cc1ccc(C(C)(O)Cc2c(C)cccc2C)cc1. The highest BCUT2D eigenvalue weighted by atomic mass is 16.3. The number of benzene rings is 2. The lowest BCUT2D eigenvalue weighted by Gasteiger charge is -2.26. The van der Waals surface area contributed by atoms with Crippen LogP contribution in [0.25, 0.3) is 0 Å². The highest BCUT2D eigenvalue weighted by Gasteiger charge is 2.24. The molecule has 0 aliphatic heterocycles. The molecule has 19 heavy (non-hydrogen) atoms. The monoisotopic (exact) mass is 254 g/mol. The van der Waals surface area contributed by atoms with Crippen molar-refractivity contribution in [3.63, 3.8) is 0 Å². The van der Waals surface area contributed by atoms with E-state index in [1.165, 1.54) is 22.3 Å². The van der Waals surface area contributed by atoms with E-state index in [9.17, 15) is 5.11 Å². The lowest BCUT2D eigenvalue weighted by Crippen LogP contribution is -2.25. The number of hydrogen-bond acceptors (Lipinski definition) is 1. The van der Waals surface area contributed by atoms with E-state index in [0.29, 0.717) is 6.42 Å². The summed E-state index contributed by atoms with van der Waals surface area (Å²) in [5.41, 5.74) is 5.09. The Morgan fingerprint density at radius 1 is 0.895 bits per heavy atom. The van der Waals surface area contributed by atoms with Crippen molar-refractivity contribution in [1.82, 2.24) is 0 Å². The van der Waals surface area contributed by atoms with Crippen molar-refractivity contribution in [3.8, 4) is 0 Å². The predicted molar refractivity (Wildman–Crippen MR) is 80.4 cm³/mol. The van der Waals surface area contributed by atoms with Gasteiger partial charge in [0.1, 0.15) is 0 Å². The number of rotatable bonds is 3. The minimum absolute atomic E-state index is 0.647. The van der Waals surface area contributed by atoms with Gasteiger partial charge in [-0.05, 0) is 49.9 Å². The molecule has 100 valence electrons. The Hall–Kier alpha value is -1.60. The van der Waals surface area contributed by atoms with Crippen LogP contribution in [0.5, 0.6) is 0 Å². The Kier molecular flexibility index (Phi) is 3.77. The third-order valence-corrected chi connectivity index (χ3v) is 3.84. The van der Waals surface area contributed by atoms with Gasteiger partial charge in [-0.1, -0.05) is 48.0 Å². The first-order chi connectivity index (χ1) is 8.90. The molecule has 2 aromatic rings. The van der Waals surface area contributed by atoms with Crippen molar-refractivity contribution >= 4 is 0 Å². The summed E-state index contributed by atoms with van der Waals surface area (Å²) in [7, 11) is 0. The van der Waals surface area contributed by atoms with Gasteiger partial charge < -0.3 is 5.11 Å². The Morgan fingerprint density at radius 3 is 1.95 bits per heavy atom. The second-order valence-electron chi connectivity index (χ2n) is 5.69. The van der Waals surface area contributed by atoms with E-state index >= 15 is 0 Å². The molecular weight excluding hydrogens is 232 g/mol. The van der Waals surface area contributed by atoms with Crippen molar-refractivity contribution in [2.75, 3.05) is 0 Å². The van der Waals surface area contributed by atoms with Crippen molar-refractivity contribution in [2.45, 2.75) is 39.7 Å². The van der Waals surface area contributed by atoms with Gasteiger partial charge in [0.2, 0.25) is 0 Å². The molecule has 1 nitrogen and oxygen atoms in total. The van der Waals surface area contributed by atoms with Crippen LogP contribution in [0.15, 0.2) is 42.5 Å². The largest absolute Gasteiger partial charge is 0.385 e. The molecule has 0 aromatic heterocycles.